The molecule has 1 aliphatic heterocycles. The van der Waals surface area contributed by atoms with Crippen molar-refractivity contribution in [1.82, 2.24) is 24.4 Å². The summed E-state index contributed by atoms with van der Waals surface area (Å²) in [6.45, 7) is 7.54. The molecule has 1 N–H and O–H groups in total. The van der Waals surface area contributed by atoms with E-state index in [-0.39, 0.29) is 6.10 Å². The molecule has 3 heterocycles. The van der Waals surface area contributed by atoms with Crippen molar-refractivity contribution in [2.45, 2.75) is 32.5 Å². The van der Waals surface area contributed by atoms with E-state index in [1.165, 1.54) is 0 Å². The van der Waals surface area contributed by atoms with Crippen molar-refractivity contribution in [2.24, 2.45) is 0 Å². The van der Waals surface area contributed by atoms with E-state index in [0.29, 0.717) is 12.6 Å². The summed E-state index contributed by atoms with van der Waals surface area (Å²) in [4.78, 5) is 15.6. The van der Waals surface area contributed by atoms with E-state index in [0.717, 1.165) is 37.0 Å². The quantitative estimate of drug-likeness (QED) is 0.908. The number of aromatic nitrogens is 4. The van der Waals surface area contributed by atoms with Gasteiger partial charge in [0.05, 0.1) is 13.2 Å². The van der Waals surface area contributed by atoms with Gasteiger partial charge in [-0.2, -0.15) is 0 Å². The van der Waals surface area contributed by atoms with Crippen LogP contribution >= 0.6 is 0 Å². The number of rotatable bonds is 5. The van der Waals surface area contributed by atoms with Crippen molar-refractivity contribution in [2.75, 3.05) is 32.1 Å². The monoisotopic (exact) mass is 316 g/mol. The normalized spacial score (nSPS) is 19.2. The molecule has 0 bridgehead atoms. The van der Waals surface area contributed by atoms with Crippen LogP contribution in [0, 0.1) is 0 Å². The zero-order valence-electron chi connectivity index (χ0n) is 13.9. The Labute approximate surface area is 136 Å². The standard InChI is InChI=1S/C16H24N6O/c1-12(2)22-7-6-18-14(22)11-21-8-9-23-13(10-21)15-16(17-3)20-5-4-19-15/h4-7,12-13H,8-11H2,1-3H3,(H,17,20)/t13-/m0/s1. The Morgan fingerprint density at radius 1 is 1.26 bits per heavy atom. The van der Waals surface area contributed by atoms with Gasteiger partial charge in [-0.3, -0.25) is 9.88 Å². The summed E-state index contributed by atoms with van der Waals surface area (Å²) < 4.78 is 8.14. The van der Waals surface area contributed by atoms with Crippen LogP contribution in [-0.4, -0.2) is 51.2 Å². The lowest BCUT2D eigenvalue weighted by Crippen LogP contribution is -2.39. The second kappa shape index (κ2) is 7.06. The highest BCUT2D eigenvalue weighted by molar-refractivity contribution is 5.40. The number of nitrogens with one attached hydrogen (secondary N) is 1. The van der Waals surface area contributed by atoms with Crippen LogP contribution in [0.2, 0.25) is 0 Å². The van der Waals surface area contributed by atoms with Gasteiger partial charge in [0.2, 0.25) is 0 Å². The third-order valence-electron chi connectivity index (χ3n) is 4.09. The first-order chi connectivity index (χ1) is 11.2. The van der Waals surface area contributed by atoms with Gasteiger partial charge in [0.1, 0.15) is 23.4 Å². The maximum atomic E-state index is 5.92. The van der Waals surface area contributed by atoms with Crippen LogP contribution in [0.25, 0.3) is 0 Å². The van der Waals surface area contributed by atoms with Crippen molar-refractivity contribution in [3.8, 4) is 0 Å². The fraction of sp³-hybridized carbons (Fsp3) is 0.562. The van der Waals surface area contributed by atoms with Crippen LogP contribution in [0.3, 0.4) is 0 Å². The zero-order valence-corrected chi connectivity index (χ0v) is 13.9. The van der Waals surface area contributed by atoms with Gasteiger partial charge in [-0.25, -0.2) is 9.97 Å². The van der Waals surface area contributed by atoms with Crippen LogP contribution in [0.4, 0.5) is 5.82 Å². The number of imidazole rings is 1. The molecule has 0 unspecified atom stereocenters. The van der Waals surface area contributed by atoms with Crippen molar-refractivity contribution < 1.29 is 4.74 Å². The molecular weight excluding hydrogens is 292 g/mol. The molecule has 1 atom stereocenters. The smallest absolute Gasteiger partial charge is 0.150 e. The fourth-order valence-corrected chi connectivity index (χ4v) is 2.93. The highest BCUT2D eigenvalue weighted by Gasteiger charge is 2.26. The van der Waals surface area contributed by atoms with Crippen molar-refractivity contribution in [1.29, 1.82) is 0 Å². The SMILES string of the molecule is CNc1nccnc1[C@@H]1CN(Cc2nccn2C(C)C)CCO1. The van der Waals surface area contributed by atoms with E-state index in [2.05, 4.69) is 43.6 Å². The molecule has 0 saturated carbocycles. The van der Waals surface area contributed by atoms with Gasteiger partial charge in [-0.05, 0) is 13.8 Å². The summed E-state index contributed by atoms with van der Waals surface area (Å²) in [7, 11) is 1.85. The number of anilines is 1. The summed E-state index contributed by atoms with van der Waals surface area (Å²) in [5.41, 5.74) is 0.868. The maximum absolute atomic E-state index is 5.92. The molecule has 0 amide bonds. The summed E-state index contributed by atoms with van der Waals surface area (Å²) >= 11 is 0. The van der Waals surface area contributed by atoms with Crippen LogP contribution in [0.5, 0.6) is 0 Å². The van der Waals surface area contributed by atoms with Crippen molar-refractivity contribution in [3.63, 3.8) is 0 Å². The Bertz CT molecular complexity index is 641. The lowest BCUT2D eigenvalue weighted by molar-refractivity contribution is -0.0358. The van der Waals surface area contributed by atoms with E-state index in [1.807, 2.05) is 19.4 Å². The maximum Gasteiger partial charge on any atom is 0.150 e. The van der Waals surface area contributed by atoms with Gasteiger partial charge in [0, 0.05) is 51.0 Å². The van der Waals surface area contributed by atoms with Gasteiger partial charge < -0.3 is 14.6 Å². The number of ether oxygens (including phenoxy) is 1. The fourth-order valence-electron chi connectivity index (χ4n) is 2.93. The molecule has 7 heteroatoms. The van der Waals surface area contributed by atoms with Crippen LogP contribution in [0.15, 0.2) is 24.8 Å². The molecule has 0 radical (unpaired) electrons. The van der Waals surface area contributed by atoms with E-state index < -0.39 is 0 Å². The largest absolute Gasteiger partial charge is 0.372 e. The molecule has 0 aromatic carbocycles. The summed E-state index contributed by atoms with van der Waals surface area (Å²) in [6.07, 6.45) is 7.25. The van der Waals surface area contributed by atoms with Crippen molar-refractivity contribution >= 4 is 5.82 Å². The van der Waals surface area contributed by atoms with Gasteiger partial charge in [-0.1, -0.05) is 0 Å². The predicted octanol–water partition coefficient (Wildman–Crippen LogP) is 1.87. The Balaban J connectivity index is 1.72. The molecule has 124 valence electrons. The molecule has 0 spiro atoms. The molecule has 1 aliphatic rings. The summed E-state index contributed by atoms with van der Waals surface area (Å²) in [6, 6.07) is 0.417. The lowest BCUT2D eigenvalue weighted by atomic mass is 10.2. The molecule has 3 rings (SSSR count). The van der Waals surface area contributed by atoms with Crippen LogP contribution in [-0.2, 0) is 11.3 Å². The van der Waals surface area contributed by atoms with Gasteiger partial charge in [0.15, 0.2) is 0 Å². The minimum Gasteiger partial charge on any atom is -0.372 e. The predicted molar refractivity (Wildman–Crippen MR) is 88.2 cm³/mol. The van der Waals surface area contributed by atoms with Gasteiger partial charge in [0.25, 0.3) is 0 Å². The molecule has 1 fully saturated rings. The van der Waals surface area contributed by atoms with Crippen molar-refractivity contribution in [3.05, 3.63) is 36.3 Å². The lowest BCUT2D eigenvalue weighted by Gasteiger charge is -2.33. The number of hydrogen-bond acceptors (Lipinski definition) is 6. The second-order valence-corrected chi connectivity index (χ2v) is 5.98. The highest BCUT2D eigenvalue weighted by atomic mass is 16.5. The van der Waals surface area contributed by atoms with Crippen LogP contribution in [0.1, 0.15) is 37.5 Å². The molecule has 7 nitrogen and oxygen atoms in total. The molecule has 0 aliphatic carbocycles. The number of hydrogen-bond donors (Lipinski definition) is 1. The average Bonchev–Trinajstić information content (AvgIpc) is 3.03. The highest BCUT2D eigenvalue weighted by Crippen LogP contribution is 2.25. The molecule has 2 aromatic rings. The van der Waals surface area contributed by atoms with Gasteiger partial charge in [-0.15, -0.1) is 0 Å². The first kappa shape index (κ1) is 15.9. The zero-order chi connectivity index (χ0) is 16.2. The third-order valence-corrected chi connectivity index (χ3v) is 4.09. The van der Waals surface area contributed by atoms with Crippen LogP contribution < -0.4 is 5.32 Å². The molecule has 2 aromatic heterocycles. The Morgan fingerprint density at radius 2 is 2.09 bits per heavy atom. The van der Waals surface area contributed by atoms with E-state index in [4.69, 9.17) is 4.74 Å². The summed E-state index contributed by atoms with van der Waals surface area (Å²) in [5, 5.41) is 3.09. The molecule has 1 saturated heterocycles. The third kappa shape index (κ3) is 3.51. The van der Waals surface area contributed by atoms with E-state index in [9.17, 15) is 0 Å². The second-order valence-electron chi connectivity index (χ2n) is 5.98. The number of morpholine rings is 1. The minimum atomic E-state index is -0.0673. The van der Waals surface area contributed by atoms with E-state index >= 15 is 0 Å². The molecule has 23 heavy (non-hydrogen) atoms. The number of nitrogens with zero attached hydrogens (tertiary/aromatic N) is 5. The summed E-state index contributed by atoms with van der Waals surface area (Å²) in [5.74, 6) is 1.87. The Hall–Kier alpha value is -1.99. The average molecular weight is 316 g/mol. The topological polar surface area (TPSA) is 68.1 Å². The van der Waals surface area contributed by atoms with Gasteiger partial charge >= 0.3 is 0 Å². The molecular formula is C16H24N6O. The Kier molecular flexibility index (Phi) is 4.88. The Morgan fingerprint density at radius 3 is 2.87 bits per heavy atom. The minimum absolute atomic E-state index is 0.0673. The first-order valence-corrected chi connectivity index (χ1v) is 8.03. The first-order valence-electron chi connectivity index (χ1n) is 8.03. The van der Waals surface area contributed by atoms with E-state index in [1.54, 1.807) is 12.4 Å².